The monoisotopic (exact) mass is 402 g/mol. The van der Waals surface area contributed by atoms with Gasteiger partial charge in [-0.15, -0.1) is 0 Å². The van der Waals surface area contributed by atoms with Crippen LogP contribution in [0, 0.1) is 0 Å². The molecule has 2 heterocycles. The summed E-state index contributed by atoms with van der Waals surface area (Å²) in [4.78, 5) is 27.8. The number of anilines is 1. The van der Waals surface area contributed by atoms with Gasteiger partial charge in [0.1, 0.15) is 5.52 Å². The summed E-state index contributed by atoms with van der Waals surface area (Å²) in [5.41, 5.74) is 5.55. The Kier molecular flexibility index (Phi) is 3.77. The summed E-state index contributed by atoms with van der Waals surface area (Å²) in [5.74, 6) is -0.0692. The SMILES string of the molecule is CN(C(=O)c1ccc2[nH]c3nc4ccccc4nc3c2c1)c1ccc2ccccc2c1. The molecule has 6 rings (SSSR count). The van der Waals surface area contributed by atoms with Crippen molar-refractivity contribution in [2.24, 2.45) is 0 Å². The van der Waals surface area contributed by atoms with Crippen LogP contribution in [0.2, 0.25) is 0 Å². The number of nitrogens with one attached hydrogen (secondary N) is 1. The van der Waals surface area contributed by atoms with Crippen LogP contribution in [-0.2, 0) is 0 Å². The van der Waals surface area contributed by atoms with E-state index in [2.05, 4.69) is 22.1 Å². The Morgan fingerprint density at radius 2 is 1.55 bits per heavy atom. The molecule has 0 bridgehead atoms. The van der Waals surface area contributed by atoms with Crippen molar-refractivity contribution in [1.82, 2.24) is 15.0 Å². The molecule has 0 aliphatic rings. The number of benzene rings is 4. The summed E-state index contributed by atoms with van der Waals surface area (Å²) in [6.45, 7) is 0. The quantitative estimate of drug-likeness (QED) is 0.404. The highest BCUT2D eigenvalue weighted by Crippen LogP contribution is 2.27. The summed E-state index contributed by atoms with van der Waals surface area (Å²) < 4.78 is 0. The van der Waals surface area contributed by atoms with E-state index in [1.807, 2.05) is 72.8 Å². The van der Waals surface area contributed by atoms with Crippen molar-refractivity contribution in [2.45, 2.75) is 0 Å². The standard InChI is InChI=1S/C26H18N4O/c1-30(19-12-10-16-6-2-3-7-17(16)14-19)26(31)18-11-13-21-20(15-18)24-25(28-21)29-23-9-5-4-8-22(23)27-24/h2-15H,1H3,(H,28,29). The number of fused-ring (bicyclic) bond motifs is 5. The van der Waals surface area contributed by atoms with Crippen LogP contribution in [-0.4, -0.2) is 27.9 Å². The van der Waals surface area contributed by atoms with Crippen molar-refractivity contribution in [1.29, 1.82) is 0 Å². The number of carbonyl (C=O) groups excluding carboxylic acids is 1. The number of H-pyrrole nitrogens is 1. The van der Waals surface area contributed by atoms with E-state index in [4.69, 9.17) is 4.98 Å². The third kappa shape index (κ3) is 2.82. The average molecular weight is 402 g/mol. The van der Waals surface area contributed by atoms with Crippen LogP contribution in [0.1, 0.15) is 10.4 Å². The van der Waals surface area contributed by atoms with Crippen molar-refractivity contribution in [2.75, 3.05) is 11.9 Å². The van der Waals surface area contributed by atoms with Crippen molar-refractivity contribution in [3.8, 4) is 0 Å². The lowest BCUT2D eigenvalue weighted by Crippen LogP contribution is -2.26. The molecule has 0 saturated carbocycles. The Hall–Kier alpha value is -4.25. The summed E-state index contributed by atoms with van der Waals surface area (Å²) in [5, 5.41) is 3.15. The molecule has 148 valence electrons. The molecule has 0 spiro atoms. The van der Waals surface area contributed by atoms with Gasteiger partial charge >= 0.3 is 0 Å². The third-order valence-corrected chi connectivity index (χ3v) is 5.77. The van der Waals surface area contributed by atoms with Gasteiger partial charge in [0.2, 0.25) is 0 Å². The summed E-state index contributed by atoms with van der Waals surface area (Å²) in [6, 6.07) is 27.6. The second-order valence-corrected chi connectivity index (χ2v) is 7.69. The fourth-order valence-corrected chi connectivity index (χ4v) is 4.08. The normalized spacial score (nSPS) is 11.5. The molecule has 4 aromatic carbocycles. The highest BCUT2D eigenvalue weighted by molar-refractivity contribution is 6.12. The summed E-state index contributed by atoms with van der Waals surface area (Å²) in [6.07, 6.45) is 0. The molecule has 5 heteroatoms. The first-order chi connectivity index (χ1) is 15.2. The van der Waals surface area contributed by atoms with E-state index in [-0.39, 0.29) is 5.91 Å². The van der Waals surface area contributed by atoms with E-state index in [1.165, 1.54) is 0 Å². The molecule has 0 unspecified atom stereocenters. The number of nitrogens with zero attached hydrogens (tertiary/aromatic N) is 3. The topological polar surface area (TPSA) is 61.9 Å². The molecule has 0 saturated heterocycles. The number of aromatic amines is 1. The first-order valence-corrected chi connectivity index (χ1v) is 10.1. The van der Waals surface area contributed by atoms with Gasteiger partial charge in [-0.05, 0) is 53.2 Å². The predicted molar refractivity (Wildman–Crippen MR) is 126 cm³/mol. The van der Waals surface area contributed by atoms with Crippen molar-refractivity contribution in [3.05, 3.63) is 90.5 Å². The molecule has 0 aliphatic heterocycles. The Bertz CT molecular complexity index is 1630. The predicted octanol–water partition coefficient (Wildman–Crippen LogP) is 5.69. The van der Waals surface area contributed by atoms with Gasteiger partial charge in [-0.25, -0.2) is 9.97 Å². The lowest BCUT2D eigenvalue weighted by atomic mass is 10.1. The Labute approximate surface area is 178 Å². The number of rotatable bonds is 2. The van der Waals surface area contributed by atoms with Crippen LogP contribution in [0.5, 0.6) is 0 Å². The van der Waals surface area contributed by atoms with Crippen LogP contribution in [0.4, 0.5) is 5.69 Å². The van der Waals surface area contributed by atoms with Crippen molar-refractivity contribution < 1.29 is 4.79 Å². The number of hydrogen-bond acceptors (Lipinski definition) is 3. The first kappa shape index (κ1) is 17.6. The second-order valence-electron chi connectivity index (χ2n) is 7.69. The third-order valence-electron chi connectivity index (χ3n) is 5.77. The smallest absolute Gasteiger partial charge is 0.258 e. The van der Waals surface area contributed by atoms with E-state index in [0.29, 0.717) is 5.56 Å². The molecular weight excluding hydrogens is 384 g/mol. The number of para-hydroxylation sites is 2. The molecular formula is C26H18N4O. The van der Waals surface area contributed by atoms with Gasteiger partial charge in [0.15, 0.2) is 5.65 Å². The molecule has 5 nitrogen and oxygen atoms in total. The molecule has 1 amide bonds. The van der Waals surface area contributed by atoms with Crippen LogP contribution in [0.25, 0.3) is 43.9 Å². The lowest BCUT2D eigenvalue weighted by molar-refractivity contribution is 0.0993. The van der Waals surface area contributed by atoms with Crippen LogP contribution >= 0.6 is 0 Å². The lowest BCUT2D eigenvalue weighted by Gasteiger charge is -2.18. The zero-order valence-corrected chi connectivity index (χ0v) is 16.8. The van der Waals surface area contributed by atoms with Crippen LogP contribution < -0.4 is 4.90 Å². The summed E-state index contributed by atoms with van der Waals surface area (Å²) >= 11 is 0. The zero-order valence-electron chi connectivity index (χ0n) is 16.8. The molecule has 6 aromatic rings. The maximum absolute atomic E-state index is 13.3. The highest BCUT2D eigenvalue weighted by Gasteiger charge is 2.16. The minimum atomic E-state index is -0.0692. The van der Waals surface area contributed by atoms with Gasteiger partial charge < -0.3 is 9.88 Å². The molecule has 0 radical (unpaired) electrons. The van der Waals surface area contributed by atoms with Gasteiger partial charge in [0.25, 0.3) is 5.91 Å². The average Bonchev–Trinajstić information content (AvgIpc) is 3.18. The van der Waals surface area contributed by atoms with E-state index >= 15 is 0 Å². The zero-order chi connectivity index (χ0) is 20.9. The van der Waals surface area contributed by atoms with Gasteiger partial charge in [-0.1, -0.05) is 42.5 Å². The first-order valence-electron chi connectivity index (χ1n) is 10.1. The molecule has 1 N–H and O–H groups in total. The fraction of sp³-hybridized carbons (Fsp3) is 0.0385. The molecule has 0 atom stereocenters. The minimum Gasteiger partial charge on any atom is -0.338 e. The molecule has 0 aliphatic carbocycles. The largest absolute Gasteiger partial charge is 0.338 e. The number of carbonyl (C=O) groups is 1. The van der Waals surface area contributed by atoms with Gasteiger partial charge in [0.05, 0.1) is 11.0 Å². The number of hydrogen-bond donors (Lipinski definition) is 1. The van der Waals surface area contributed by atoms with E-state index in [1.54, 1.807) is 11.9 Å². The molecule has 0 fully saturated rings. The maximum Gasteiger partial charge on any atom is 0.258 e. The van der Waals surface area contributed by atoms with Crippen molar-refractivity contribution >= 4 is 55.5 Å². The Balaban J connectivity index is 1.44. The van der Waals surface area contributed by atoms with Gasteiger partial charge in [-0.3, -0.25) is 4.79 Å². The number of aromatic nitrogens is 3. The van der Waals surface area contributed by atoms with E-state index in [0.717, 1.165) is 49.6 Å². The van der Waals surface area contributed by atoms with Gasteiger partial charge in [-0.2, -0.15) is 0 Å². The maximum atomic E-state index is 13.3. The second kappa shape index (κ2) is 6.64. The summed E-state index contributed by atoms with van der Waals surface area (Å²) in [7, 11) is 1.80. The number of amides is 1. The highest BCUT2D eigenvalue weighted by atomic mass is 16.2. The molecule has 2 aromatic heterocycles. The van der Waals surface area contributed by atoms with Crippen LogP contribution in [0.15, 0.2) is 84.9 Å². The minimum absolute atomic E-state index is 0.0692. The van der Waals surface area contributed by atoms with Crippen molar-refractivity contribution in [3.63, 3.8) is 0 Å². The van der Waals surface area contributed by atoms with E-state index in [9.17, 15) is 4.79 Å². The van der Waals surface area contributed by atoms with Gasteiger partial charge in [0, 0.05) is 29.2 Å². The Morgan fingerprint density at radius 3 is 2.39 bits per heavy atom. The fourth-order valence-electron chi connectivity index (χ4n) is 4.08. The molecule has 31 heavy (non-hydrogen) atoms. The van der Waals surface area contributed by atoms with E-state index < -0.39 is 0 Å². The Morgan fingerprint density at radius 1 is 0.806 bits per heavy atom. The van der Waals surface area contributed by atoms with Crippen LogP contribution in [0.3, 0.4) is 0 Å².